The van der Waals surface area contributed by atoms with Crippen LogP contribution < -0.4 is 4.74 Å². The Morgan fingerprint density at radius 2 is 1.97 bits per heavy atom. The quantitative estimate of drug-likeness (QED) is 0.543. The third kappa shape index (κ3) is 3.54. The summed E-state index contributed by atoms with van der Waals surface area (Å²) < 4.78 is 23.9. The van der Waals surface area contributed by atoms with Gasteiger partial charge in [-0.3, -0.25) is 4.79 Å². The van der Waals surface area contributed by atoms with Crippen LogP contribution in [-0.4, -0.2) is 38.0 Å². The highest BCUT2D eigenvalue weighted by atomic mass is 19.1. The highest BCUT2D eigenvalue weighted by Gasteiger charge is 2.36. The number of carbonyl (C=O) groups excluding carboxylic acids is 1. The molecule has 5 rings (SSSR count). The number of fused-ring (bicyclic) bond motifs is 1. The fraction of sp³-hybridized carbons (Fsp3) is 0.182. The minimum atomic E-state index is -0.480. The molecule has 0 spiro atoms. The van der Waals surface area contributed by atoms with E-state index in [1.807, 2.05) is 0 Å². The van der Waals surface area contributed by atoms with Gasteiger partial charge in [0.25, 0.3) is 5.91 Å². The van der Waals surface area contributed by atoms with Crippen molar-refractivity contribution in [3.05, 3.63) is 83.5 Å². The minimum Gasteiger partial charge on any atom is -0.497 e. The summed E-state index contributed by atoms with van der Waals surface area (Å²) >= 11 is 0. The average Bonchev–Trinajstić information content (AvgIpc) is 3.47. The number of rotatable bonds is 4. The number of ether oxygens (including phenoxy) is 1. The summed E-state index contributed by atoms with van der Waals surface area (Å²) in [6, 6.07) is 12.3. The van der Waals surface area contributed by atoms with Crippen LogP contribution in [-0.2, 0) is 13.0 Å². The number of aromatic nitrogens is 4. The van der Waals surface area contributed by atoms with Crippen molar-refractivity contribution in [2.75, 3.05) is 7.11 Å². The predicted molar refractivity (Wildman–Crippen MR) is 108 cm³/mol. The van der Waals surface area contributed by atoms with E-state index < -0.39 is 6.04 Å². The molecule has 1 aliphatic rings. The van der Waals surface area contributed by atoms with Gasteiger partial charge in [-0.15, -0.1) is 0 Å². The molecule has 0 saturated carbocycles. The van der Waals surface area contributed by atoms with Gasteiger partial charge < -0.3 is 19.1 Å². The van der Waals surface area contributed by atoms with Gasteiger partial charge in [-0.2, -0.15) is 4.98 Å². The van der Waals surface area contributed by atoms with E-state index in [9.17, 15) is 9.18 Å². The number of imidazole rings is 1. The number of halogens is 1. The molecule has 0 aliphatic carbocycles. The van der Waals surface area contributed by atoms with Crippen molar-refractivity contribution in [1.82, 2.24) is 25.0 Å². The Morgan fingerprint density at radius 3 is 2.71 bits per heavy atom. The van der Waals surface area contributed by atoms with Gasteiger partial charge >= 0.3 is 0 Å². The Morgan fingerprint density at radius 1 is 1.19 bits per heavy atom. The zero-order chi connectivity index (χ0) is 21.4. The number of nitrogens with one attached hydrogen (secondary N) is 1. The van der Waals surface area contributed by atoms with Crippen molar-refractivity contribution < 1.29 is 18.4 Å². The van der Waals surface area contributed by atoms with E-state index in [4.69, 9.17) is 9.26 Å². The van der Waals surface area contributed by atoms with Crippen LogP contribution in [0.4, 0.5) is 4.39 Å². The molecule has 0 bridgehead atoms. The van der Waals surface area contributed by atoms with Gasteiger partial charge in [0.2, 0.25) is 11.7 Å². The van der Waals surface area contributed by atoms with Crippen LogP contribution in [0.2, 0.25) is 0 Å². The first-order valence-electron chi connectivity index (χ1n) is 9.68. The second-order valence-corrected chi connectivity index (χ2v) is 7.17. The predicted octanol–water partition coefficient (Wildman–Crippen LogP) is 3.55. The lowest BCUT2D eigenvalue weighted by atomic mass is 10.0. The number of carbonyl (C=O) groups is 1. The minimum absolute atomic E-state index is 0.172. The van der Waals surface area contributed by atoms with Crippen LogP contribution in [0, 0.1) is 5.82 Å². The Balaban J connectivity index is 1.49. The van der Waals surface area contributed by atoms with Crippen molar-refractivity contribution in [3.8, 4) is 17.1 Å². The average molecular weight is 419 g/mol. The van der Waals surface area contributed by atoms with Crippen LogP contribution in [0.3, 0.4) is 0 Å². The van der Waals surface area contributed by atoms with Gasteiger partial charge in [0.1, 0.15) is 17.6 Å². The second-order valence-electron chi connectivity index (χ2n) is 7.17. The van der Waals surface area contributed by atoms with Crippen molar-refractivity contribution in [2.45, 2.75) is 19.0 Å². The maximum Gasteiger partial charge on any atom is 0.254 e. The van der Waals surface area contributed by atoms with E-state index in [1.54, 1.807) is 54.7 Å². The van der Waals surface area contributed by atoms with E-state index in [1.165, 1.54) is 12.1 Å². The van der Waals surface area contributed by atoms with Gasteiger partial charge in [-0.25, -0.2) is 9.37 Å². The Kier molecular flexibility index (Phi) is 4.70. The van der Waals surface area contributed by atoms with Crippen molar-refractivity contribution in [2.24, 2.45) is 0 Å². The molecule has 4 aromatic rings. The topological polar surface area (TPSA) is 97.1 Å². The summed E-state index contributed by atoms with van der Waals surface area (Å²) in [6.45, 7) is 0.332. The molecule has 1 amide bonds. The molecule has 2 aromatic carbocycles. The van der Waals surface area contributed by atoms with E-state index in [0.717, 1.165) is 11.4 Å². The summed E-state index contributed by atoms with van der Waals surface area (Å²) in [5.41, 5.74) is 2.87. The molecule has 0 fully saturated rings. The normalized spacial score (nSPS) is 15.5. The number of benzene rings is 2. The molecule has 0 saturated heterocycles. The van der Waals surface area contributed by atoms with Gasteiger partial charge in [-0.05, 0) is 48.5 Å². The molecule has 3 heterocycles. The summed E-state index contributed by atoms with van der Waals surface area (Å²) in [5, 5.41) is 4.03. The van der Waals surface area contributed by atoms with E-state index in [-0.39, 0.29) is 11.7 Å². The lowest BCUT2D eigenvalue weighted by molar-refractivity contribution is 0.0589. The molecule has 1 aliphatic heterocycles. The first kappa shape index (κ1) is 19.0. The first-order valence-corrected chi connectivity index (χ1v) is 9.68. The van der Waals surface area contributed by atoms with E-state index >= 15 is 0 Å². The monoisotopic (exact) mass is 419 g/mol. The summed E-state index contributed by atoms with van der Waals surface area (Å²) in [4.78, 5) is 27.0. The number of aromatic amines is 1. The highest BCUT2D eigenvalue weighted by Crippen LogP contribution is 2.33. The first-order chi connectivity index (χ1) is 15.1. The molecule has 1 N–H and O–H groups in total. The standard InChI is InChI=1S/C22H18FN5O3/c1-30-16-8-4-14(5-9-16)22(29)28-11-18-17(24-12-25-18)10-19(28)21-26-20(27-31-21)13-2-6-15(23)7-3-13/h2-9,12,19H,10-11H2,1H3,(H,24,25). The lowest BCUT2D eigenvalue weighted by Gasteiger charge is -2.32. The molecule has 9 heteroatoms. The maximum atomic E-state index is 13.3. The van der Waals surface area contributed by atoms with Crippen molar-refractivity contribution in [3.63, 3.8) is 0 Å². The van der Waals surface area contributed by atoms with Crippen LogP contribution in [0.25, 0.3) is 11.4 Å². The molecule has 31 heavy (non-hydrogen) atoms. The molecule has 2 aromatic heterocycles. The summed E-state index contributed by atoms with van der Waals surface area (Å²) in [7, 11) is 1.57. The van der Waals surface area contributed by atoms with E-state index in [0.29, 0.717) is 41.6 Å². The van der Waals surface area contributed by atoms with Crippen LogP contribution >= 0.6 is 0 Å². The van der Waals surface area contributed by atoms with Crippen molar-refractivity contribution in [1.29, 1.82) is 0 Å². The molecular weight excluding hydrogens is 401 g/mol. The van der Waals surface area contributed by atoms with Gasteiger partial charge in [0.15, 0.2) is 0 Å². The SMILES string of the molecule is COc1ccc(C(=O)N2Cc3[nH]cnc3CC2c2nc(-c3ccc(F)cc3)no2)cc1. The number of nitrogens with zero attached hydrogens (tertiary/aromatic N) is 4. The van der Waals surface area contributed by atoms with E-state index in [2.05, 4.69) is 20.1 Å². The van der Waals surface area contributed by atoms with Gasteiger partial charge in [0, 0.05) is 17.5 Å². The van der Waals surface area contributed by atoms with Gasteiger partial charge in [-0.1, -0.05) is 5.16 Å². The fourth-order valence-corrected chi connectivity index (χ4v) is 3.66. The Bertz CT molecular complexity index is 1220. The zero-order valence-corrected chi connectivity index (χ0v) is 16.6. The molecule has 1 atom stereocenters. The lowest BCUT2D eigenvalue weighted by Crippen LogP contribution is -2.39. The number of amides is 1. The zero-order valence-electron chi connectivity index (χ0n) is 16.6. The Labute approximate surface area is 176 Å². The molecule has 8 nitrogen and oxygen atoms in total. The molecule has 1 unspecified atom stereocenters. The smallest absolute Gasteiger partial charge is 0.254 e. The summed E-state index contributed by atoms with van der Waals surface area (Å²) in [5.74, 6) is 0.787. The maximum absolute atomic E-state index is 13.3. The third-order valence-electron chi connectivity index (χ3n) is 5.33. The Hall–Kier alpha value is -4.01. The second kappa shape index (κ2) is 7.67. The number of hydrogen-bond donors (Lipinski definition) is 1. The van der Waals surface area contributed by atoms with Gasteiger partial charge in [0.05, 0.1) is 31.4 Å². The van der Waals surface area contributed by atoms with Crippen LogP contribution in [0.5, 0.6) is 5.75 Å². The third-order valence-corrected chi connectivity index (χ3v) is 5.33. The summed E-state index contributed by atoms with van der Waals surface area (Å²) in [6.07, 6.45) is 2.05. The fourth-order valence-electron chi connectivity index (χ4n) is 3.66. The largest absolute Gasteiger partial charge is 0.497 e. The van der Waals surface area contributed by atoms with Crippen molar-refractivity contribution >= 4 is 5.91 Å². The van der Waals surface area contributed by atoms with Crippen LogP contribution in [0.1, 0.15) is 33.7 Å². The molecule has 0 radical (unpaired) electrons. The number of H-pyrrole nitrogens is 1. The number of hydrogen-bond acceptors (Lipinski definition) is 6. The highest BCUT2D eigenvalue weighted by molar-refractivity contribution is 5.94. The van der Waals surface area contributed by atoms with Crippen LogP contribution in [0.15, 0.2) is 59.4 Å². The number of methoxy groups -OCH3 is 1. The molecular formula is C22H18FN5O3. The molecule has 156 valence electrons.